The van der Waals surface area contributed by atoms with E-state index in [9.17, 15) is 4.79 Å². The summed E-state index contributed by atoms with van der Waals surface area (Å²) in [6.07, 6.45) is 2.70. The summed E-state index contributed by atoms with van der Waals surface area (Å²) in [6.45, 7) is 8.22. The van der Waals surface area contributed by atoms with Crippen LogP contribution in [0.2, 0.25) is 0 Å². The summed E-state index contributed by atoms with van der Waals surface area (Å²) in [6, 6.07) is 1.41. The number of hydrogen-bond donors (Lipinski definition) is 2. The molecule has 1 aromatic rings. The van der Waals surface area contributed by atoms with Crippen LogP contribution in [0.15, 0.2) is 18.5 Å². The van der Waals surface area contributed by atoms with Gasteiger partial charge in [-0.15, -0.1) is 0 Å². The van der Waals surface area contributed by atoms with E-state index in [0.717, 1.165) is 5.56 Å². The molecule has 6 nitrogen and oxygen atoms in total. The second kappa shape index (κ2) is 7.09. The molecule has 20 heavy (non-hydrogen) atoms. The van der Waals surface area contributed by atoms with E-state index in [2.05, 4.69) is 10.3 Å². The number of nitrogens with two attached hydrogens (primary N) is 1. The summed E-state index contributed by atoms with van der Waals surface area (Å²) in [5, 5.41) is 2.77. The van der Waals surface area contributed by atoms with Crippen molar-refractivity contribution in [3.8, 4) is 0 Å². The molecule has 1 atom stereocenters. The molecule has 0 bridgehead atoms. The molecule has 6 heteroatoms. The predicted octanol–water partition coefficient (Wildman–Crippen LogP) is 2.27. The zero-order valence-corrected chi connectivity index (χ0v) is 12.5. The fraction of sp³-hybridized carbons (Fsp3) is 0.571. The Morgan fingerprint density at radius 1 is 1.45 bits per heavy atom. The second-order valence-corrected chi connectivity index (χ2v) is 5.41. The number of carbonyl (C=O) groups is 1. The van der Waals surface area contributed by atoms with E-state index in [1.54, 1.807) is 18.5 Å². The van der Waals surface area contributed by atoms with Gasteiger partial charge in [-0.05, 0) is 39.3 Å². The van der Waals surface area contributed by atoms with Crippen LogP contribution >= 0.6 is 0 Å². The number of nitrogen functional groups attached to an aromatic ring is 1. The minimum absolute atomic E-state index is 0.334. The molecule has 0 aliphatic carbocycles. The topological polar surface area (TPSA) is 86.5 Å². The molecule has 3 N–H and O–H groups in total. The van der Waals surface area contributed by atoms with E-state index in [1.165, 1.54) is 0 Å². The molecule has 0 aliphatic rings. The number of aromatic nitrogens is 1. The number of carbonyl (C=O) groups excluding carboxylic acids is 1. The number of nitrogens with one attached hydrogen (secondary N) is 1. The lowest BCUT2D eigenvalue weighted by Crippen LogP contribution is -2.36. The number of ether oxygens (including phenoxy) is 2. The average Bonchev–Trinajstić information content (AvgIpc) is 2.32. The molecule has 1 aromatic heterocycles. The van der Waals surface area contributed by atoms with Crippen molar-refractivity contribution in [3.05, 3.63) is 24.0 Å². The first-order chi connectivity index (χ1) is 9.31. The maximum Gasteiger partial charge on any atom is 0.408 e. The number of anilines is 1. The van der Waals surface area contributed by atoms with Gasteiger partial charge in [0.05, 0.1) is 18.3 Å². The van der Waals surface area contributed by atoms with Gasteiger partial charge in [-0.1, -0.05) is 0 Å². The fourth-order valence-electron chi connectivity index (χ4n) is 1.57. The van der Waals surface area contributed by atoms with E-state index < -0.39 is 11.7 Å². The highest BCUT2D eigenvalue weighted by Crippen LogP contribution is 2.16. The van der Waals surface area contributed by atoms with Crippen LogP contribution in [0.1, 0.15) is 39.3 Å². The molecule has 1 heterocycles. The number of nitrogens with zero attached hydrogens (tertiary/aromatic N) is 1. The Morgan fingerprint density at radius 3 is 2.70 bits per heavy atom. The molecule has 0 fully saturated rings. The van der Waals surface area contributed by atoms with Crippen molar-refractivity contribution in [2.45, 2.75) is 39.3 Å². The number of amides is 1. The van der Waals surface area contributed by atoms with Gasteiger partial charge in [0.15, 0.2) is 0 Å². The quantitative estimate of drug-likeness (QED) is 0.864. The maximum atomic E-state index is 11.8. The van der Waals surface area contributed by atoms with Crippen LogP contribution in [0.3, 0.4) is 0 Å². The SMILES string of the molecule is CCOC[C@H](NC(=O)OC(C)(C)C)c1cncc(N)c1. The van der Waals surface area contributed by atoms with Crippen molar-refractivity contribution in [2.24, 2.45) is 0 Å². The van der Waals surface area contributed by atoms with Crippen molar-refractivity contribution < 1.29 is 14.3 Å². The fourth-order valence-corrected chi connectivity index (χ4v) is 1.57. The zero-order valence-electron chi connectivity index (χ0n) is 12.5. The van der Waals surface area contributed by atoms with E-state index in [-0.39, 0.29) is 6.04 Å². The van der Waals surface area contributed by atoms with Crippen LogP contribution in [-0.4, -0.2) is 29.9 Å². The summed E-state index contributed by atoms with van der Waals surface area (Å²) in [5.74, 6) is 0. The number of hydrogen-bond acceptors (Lipinski definition) is 5. The van der Waals surface area contributed by atoms with Gasteiger partial charge in [-0.25, -0.2) is 4.79 Å². The molecule has 0 saturated heterocycles. The summed E-state index contributed by atoms with van der Waals surface area (Å²) >= 11 is 0. The van der Waals surface area contributed by atoms with Crippen LogP contribution in [0, 0.1) is 0 Å². The van der Waals surface area contributed by atoms with Gasteiger partial charge in [-0.2, -0.15) is 0 Å². The normalized spacial score (nSPS) is 12.8. The lowest BCUT2D eigenvalue weighted by atomic mass is 10.1. The molecule has 0 saturated carbocycles. The third kappa shape index (κ3) is 5.88. The van der Waals surface area contributed by atoms with Gasteiger partial charge in [0, 0.05) is 19.0 Å². The van der Waals surface area contributed by atoms with Crippen molar-refractivity contribution in [3.63, 3.8) is 0 Å². The minimum atomic E-state index is -0.547. The molecular formula is C14H23N3O3. The Balaban J connectivity index is 2.77. The third-order valence-electron chi connectivity index (χ3n) is 2.36. The predicted molar refractivity (Wildman–Crippen MR) is 77.3 cm³/mol. The number of rotatable bonds is 5. The van der Waals surface area contributed by atoms with E-state index in [0.29, 0.717) is 18.9 Å². The largest absolute Gasteiger partial charge is 0.444 e. The first kappa shape index (κ1) is 16.2. The molecular weight excluding hydrogens is 258 g/mol. The van der Waals surface area contributed by atoms with Gasteiger partial charge < -0.3 is 20.5 Å². The van der Waals surface area contributed by atoms with Gasteiger partial charge in [0.25, 0.3) is 0 Å². The standard InChI is InChI=1S/C14H23N3O3/c1-5-19-9-12(10-6-11(15)8-16-7-10)17-13(18)20-14(2,3)4/h6-8,12H,5,9,15H2,1-4H3,(H,17,18)/t12-/m0/s1. The highest BCUT2D eigenvalue weighted by atomic mass is 16.6. The number of pyridine rings is 1. The molecule has 0 aromatic carbocycles. The average molecular weight is 281 g/mol. The van der Waals surface area contributed by atoms with Gasteiger partial charge in [0.2, 0.25) is 0 Å². The molecule has 0 spiro atoms. The lowest BCUT2D eigenvalue weighted by molar-refractivity contribution is 0.0448. The molecule has 1 rings (SSSR count). The van der Waals surface area contributed by atoms with E-state index in [1.807, 2.05) is 27.7 Å². The van der Waals surface area contributed by atoms with Crippen LogP contribution in [0.5, 0.6) is 0 Å². The lowest BCUT2D eigenvalue weighted by Gasteiger charge is -2.23. The highest BCUT2D eigenvalue weighted by Gasteiger charge is 2.21. The summed E-state index contributed by atoms with van der Waals surface area (Å²) < 4.78 is 10.6. The van der Waals surface area contributed by atoms with Crippen molar-refractivity contribution in [1.82, 2.24) is 10.3 Å². The second-order valence-electron chi connectivity index (χ2n) is 5.41. The number of alkyl carbamates (subject to hydrolysis) is 1. The van der Waals surface area contributed by atoms with Crippen LogP contribution in [-0.2, 0) is 9.47 Å². The monoisotopic (exact) mass is 281 g/mol. The Kier molecular flexibility index (Phi) is 5.76. The smallest absolute Gasteiger partial charge is 0.408 e. The highest BCUT2D eigenvalue weighted by molar-refractivity contribution is 5.68. The minimum Gasteiger partial charge on any atom is -0.444 e. The maximum absolute atomic E-state index is 11.8. The van der Waals surface area contributed by atoms with Crippen LogP contribution in [0.25, 0.3) is 0 Å². The Morgan fingerprint density at radius 2 is 2.15 bits per heavy atom. The van der Waals surface area contributed by atoms with Crippen molar-refractivity contribution in [2.75, 3.05) is 18.9 Å². The van der Waals surface area contributed by atoms with Crippen molar-refractivity contribution >= 4 is 11.8 Å². The van der Waals surface area contributed by atoms with Gasteiger partial charge >= 0.3 is 6.09 Å². The molecule has 0 unspecified atom stereocenters. The van der Waals surface area contributed by atoms with E-state index in [4.69, 9.17) is 15.2 Å². The Hall–Kier alpha value is -1.82. The van der Waals surface area contributed by atoms with Gasteiger partial charge in [0.1, 0.15) is 5.60 Å². The van der Waals surface area contributed by atoms with E-state index >= 15 is 0 Å². The third-order valence-corrected chi connectivity index (χ3v) is 2.36. The molecule has 112 valence electrons. The summed E-state index contributed by atoms with van der Waals surface area (Å²) in [5.41, 5.74) is 6.48. The first-order valence-corrected chi connectivity index (χ1v) is 6.59. The summed E-state index contributed by atoms with van der Waals surface area (Å²) in [7, 11) is 0. The first-order valence-electron chi connectivity index (χ1n) is 6.59. The van der Waals surface area contributed by atoms with Crippen LogP contribution in [0.4, 0.5) is 10.5 Å². The van der Waals surface area contributed by atoms with Crippen LogP contribution < -0.4 is 11.1 Å². The molecule has 0 radical (unpaired) electrons. The molecule has 0 aliphatic heterocycles. The van der Waals surface area contributed by atoms with Crippen molar-refractivity contribution in [1.29, 1.82) is 0 Å². The summed E-state index contributed by atoms with van der Waals surface area (Å²) in [4.78, 5) is 15.9. The molecule has 1 amide bonds. The Bertz CT molecular complexity index is 444. The Labute approximate surface area is 119 Å². The van der Waals surface area contributed by atoms with Gasteiger partial charge in [-0.3, -0.25) is 4.98 Å². The zero-order chi connectivity index (χ0) is 15.2.